The summed E-state index contributed by atoms with van der Waals surface area (Å²) in [7, 11) is 0. The molecule has 4 rings (SSSR count). The maximum absolute atomic E-state index is 9.50. The number of nitrogens with two attached hydrogens (primary N) is 1. The van der Waals surface area contributed by atoms with Crippen LogP contribution < -0.4 is 16.4 Å². The van der Waals surface area contributed by atoms with E-state index in [0.717, 1.165) is 35.4 Å². The first kappa shape index (κ1) is 21.2. The lowest BCUT2D eigenvalue weighted by Crippen LogP contribution is -2.19. The highest BCUT2D eigenvalue weighted by Crippen LogP contribution is 2.34. The van der Waals surface area contributed by atoms with Crippen LogP contribution in [0.4, 0.5) is 17.3 Å². The van der Waals surface area contributed by atoms with Crippen LogP contribution in [0.25, 0.3) is 11.0 Å². The summed E-state index contributed by atoms with van der Waals surface area (Å²) >= 11 is 0. The molecule has 0 fully saturated rings. The minimum absolute atomic E-state index is 0.280. The number of nitrogen functional groups attached to an aromatic ring is 1. The first-order chi connectivity index (χ1) is 14.4. The molecule has 3 aromatic rings. The van der Waals surface area contributed by atoms with Crippen molar-refractivity contribution in [3.05, 3.63) is 35.4 Å². The lowest BCUT2D eigenvalue weighted by molar-refractivity contribution is -0.109. The molecular weight excluding hydrogens is 380 g/mol. The van der Waals surface area contributed by atoms with E-state index in [9.17, 15) is 4.79 Å². The van der Waals surface area contributed by atoms with Gasteiger partial charge < -0.3 is 26.8 Å². The number of amides is 1. The number of pyridine rings is 1. The number of nitrogens with one attached hydrogen (secondary N) is 4. The van der Waals surface area contributed by atoms with Crippen LogP contribution in [0.1, 0.15) is 44.0 Å². The second kappa shape index (κ2) is 9.34. The number of aromatic amines is 1. The van der Waals surface area contributed by atoms with Gasteiger partial charge in [0.2, 0.25) is 6.41 Å². The molecule has 0 aliphatic heterocycles. The fourth-order valence-corrected chi connectivity index (χ4v) is 3.46. The highest BCUT2D eigenvalue weighted by molar-refractivity contribution is 5.94. The molecule has 0 radical (unpaired) electrons. The standard InChI is InChI=1S/C17H19N7.C4H9NO/c1-9-2-3-13-12(4-9)14-16(21-8-22-17(14)24-13)23-11-5-10(6-18)15(19)20-7-11;1-4(2)5-3-6/h5-9,18H,2-4H2,1H3,(H2,19,20)(H2,21,22,23,24);3-4H,1-2H3,(H,5,6). The van der Waals surface area contributed by atoms with Gasteiger partial charge in [0.25, 0.3) is 0 Å². The van der Waals surface area contributed by atoms with Gasteiger partial charge in [0, 0.05) is 23.5 Å². The predicted octanol–water partition coefficient (Wildman–Crippen LogP) is 2.94. The molecule has 1 unspecified atom stereocenters. The van der Waals surface area contributed by atoms with E-state index in [1.165, 1.54) is 23.9 Å². The van der Waals surface area contributed by atoms with Crippen LogP contribution in [0.15, 0.2) is 18.6 Å². The number of carbonyl (C=O) groups is 1. The Balaban J connectivity index is 0.000000377. The largest absolute Gasteiger partial charge is 0.383 e. The Kier molecular flexibility index (Phi) is 6.61. The lowest BCUT2D eigenvalue weighted by atomic mass is 9.88. The Labute approximate surface area is 175 Å². The first-order valence-electron chi connectivity index (χ1n) is 10.00. The number of aromatic nitrogens is 4. The third kappa shape index (κ3) is 4.73. The van der Waals surface area contributed by atoms with E-state index < -0.39 is 0 Å². The molecule has 3 heterocycles. The second-order valence-electron chi connectivity index (χ2n) is 7.78. The van der Waals surface area contributed by atoms with Gasteiger partial charge in [-0.05, 0) is 50.7 Å². The second-order valence-corrected chi connectivity index (χ2v) is 7.78. The van der Waals surface area contributed by atoms with Crippen LogP contribution in [-0.2, 0) is 17.6 Å². The monoisotopic (exact) mass is 408 g/mol. The normalized spacial score (nSPS) is 15.1. The molecule has 9 nitrogen and oxygen atoms in total. The molecule has 0 aromatic carbocycles. The van der Waals surface area contributed by atoms with Gasteiger partial charge in [0.1, 0.15) is 23.6 Å². The predicted molar refractivity (Wildman–Crippen MR) is 119 cm³/mol. The minimum atomic E-state index is 0.280. The molecule has 30 heavy (non-hydrogen) atoms. The van der Waals surface area contributed by atoms with Crippen molar-refractivity contribution >= 4 is 41.0 Å². The van der Waals surface area contributed by atoms with Crippen LogP contribution >= 0.6 is 0 Å². The molecule has 0 saturated heterocycles. The van der Waals surface area contributed by atoms with Gasteiger partial charge in [0.05, 0.1) is 17.3 Å². The third-order valence-corrected chi connectivity index (χ3v) is 4.99. The van der Waals surface area contributed by atoms with Crippen molar-refractivity contribution in [2.24, 2.45) is 5.92 Å². The summed E-state index contributed by atoms with van der Waals surface area (Å²) in [5.74, 6) is 1.76. The molecule has 1 amide bonds. The highest BCUT2D eigenvalue weighted by Gasteiger charge is 2.22. The summed E-state index contributed by atoms with van der Waals surface area (Å²) in [4.78, 5) is 25.9. The fraction of sp³-hybridized carbons (Fsp3) is 0.381. The quantitative estimate of drug-likeness (QED) is 0.324. The Morgan fingerprint density at radius 2 is 2.13 bits per heavy atom. The number of carbonyl (C=O) groups excluding carboxylic acids is 1. The Bertz CT molecular complexity index is 1040. The molecule has 0 bridgehead atoms. The van der Waals surface area contributed by atoms with Crippen molar-refractivity contribution in [1.29, 1.82) is 5.41 Å². The summed E-state index contributed by atoms with van der Waals surface area (Å²) in [6, 6.07) is 2.08. The van der Waals surface area contributed by atoms with Crippen molar-refractivity contribution in [3.63, 3.8) is 0 Å². The zero-order valence-corrected chi connectivity index (χ0v) is 17.5. The summed E-state index contributed by atoms with van der Waals surface area (Å²) in [6.07, 6.45) is 8.38. The van der Waals surface area contributed by atoms with Crippen molar-refractivity contribution in [2.75, 3.05) is 11.1 Å². The van der Waals surface area contributed by atoms with Crippen LogP contribution in [0.5, 0.6) is 0 Å². The number of aryl methyl sites for hydroxylation is 1. The van der Waals surface area contributed by atoms with Crippen LogP contribution in [0.2, 0.25) is 0 Å². The Morgan fingerprint density at radius 1 is 1.33 bits per heavy atom. The fourth-order valence-electron chi connectivity index (χ4n) is 3.46. The highest BCUT2D eigenvalue weighted by atomic mass is 16.1. The van der Waals surface area contributed by atoms with E-state index in [-0.39, 0.29) is 6.04 Å². The summed E-state index contributed by atoms with van der Waals surface area (Å²) in [6.45, 7) is 6.10. The van der Waals surface area contributed by atoms with Gasteiger partial charge in [-0.3, -0.25) is 4.79 Å². The van der Waals surface area contributed by atoms with E-state index in [2.05, 4.69) is 37.5 Å². The number of hydrogen-bond donors (Lipinski definition) is 5. The van der Waals surface area contributed by atoms with E-state index in [1.807, 2.05) is 13.8 Å². The van der Waals surface area contributed by atoms with Crippen molar-refractivity contribution in [3.8, 4) is 0 Å². The maximum atomic E-state index is 9.50. The molecule has 1 atom stereocenters. The number of nitrogens with zero attached hydrogens (tertiary/aromatic N) is 3. The van der Waals surface area contributed by atoms with E-state index in [0.29, 0.717) is 23.7 Å². The molecule has 0 spiro atoms. The first-order valence-corrected chi connectivity index (χ1v) is 10.00. The molecular formula is C21H28N8O. The average molecular weight is 409 g/mol. The van der Waals surface area contributed by atoms with E-state index in [4.69, 9.17) is 11.1 Å². The van der Waals surface area contributed by atoms with Gasteiger partial charge in [-0.15, -0.1) is 0 Å². The number of H-pyrrole nitrogens is 1. The summed E-state index contributed by atoms with van der Waals surface area (Å²) < 4.78 is 0. The molecule has 0 saturated carbocycles. The maximum Gasteiger partial charge on any atom is 0.207 e. The van der Waals surface area contributed by atoms with Gasteiger partial charge >= 0.3 is 0 Å². The van der Waals surface area contributed by atoms with Crippen molar-refractivity contribution in [1.82, 2.24) is 25.3 Å². The van der Waals surface area contributed by atoms with Gasteiger partial charge in [-0.1, -0.05) is 6.92 Å². The molecule has 1 aliphatic carbocycles. The zero-order valence-electron chi connectivity index (χ0n) is 17.5. The van der Waals surface area contributed by atoms with E-state index >= 15 is 0 Å². The lowest BCUT2D eigenvalue weighted by Gasteiger charge is -2.18. The van der Waals surface area contributed by atoms with Crippen molar-refractivity contribution in [2.45, 2.75) is 46.1 Å². The van der Waals surface area contributed by atoms with Crippen LogP contribution in [0.3, 0.4) is 0 Å². The van der Waals surface area contributed by atoms with Crippen LogP contribution in [-0.4, -0.2) is 38.6 Å². The molecule has 158 valence electrons. The van der Waals surface area contributed by atoms with Gasteiger partial charge in [-0.2, -0.15) is 0 Å². The third-order valence-electron chi connectivity index (χ3n) is 4.99. The van der Waals surface area contributed by atoms with Crippen LogP contribution in [0, 0.1) is 11.3 Å². The number of rotatable bonds is 5. The summed E-state index contributed by atoms with van der Waals surface area (Å²) in [5, 5.41) is 14.3. The Morgan fingerprint density at radius 3 is 2.80 bits per heavy atom. The molecule has 1 aliphatic rings. The SMILES string of the molecule is CC(C)NC=O.CC1CCc2[nH]c3ncnc(Nc4cnc(N)c(C=N)c4)c3c2C1. The summed E-state index contributed by atoms with van der Waals surface area (Å²) in [5.41, 5.74) is 10.5. The Hall–Kier alpha value is -3.49. The zero-order chi connectivity index (χ0) is 21.7. The number of anilines is 3. The average Bonchev–Trinajstić information content (AvgIpc) is 3.08. The molecule has 9 heteroatoms. The van der Waals surface area contributed by atoms with Gasteiger partial charge in [0.15, 0.2) is 0 Å². The van der Waals surface area contributed by atoms with E-state index in [1.54, 1.807) is 18.6 Å². The molecule has 6 N–H and O–H groups in total. The molecule has 3 aromatic heterocycles. The number of hydrogen-bond acceptors (Lipinski definition) is 7. The minimum Gasteiger partial charge on any atom is -0.383 e. The number of fused-ring (bicyclic) bond motifs is 3. The topological polar surface area (TPSA) is 145 Å². The van der Waals surface area contributed by atoms with Gasteiger partial charge in [-0.25, -0.2) is 15.0 Å². The smallest absolute Gasteiger partial charge is 0.207 e. The van der Waals surface area contributed by atoms with Crippen molar-refractivity contribution < 1.29 is 4.79 Å².